The lowest BCUT2D eigenvalue weighted by molar-refractivity contribution is 0.367. The van der Waals surface area contributed by atoms with E-state index in [1.54, 1.807) is 22.8 Å². The molecule has 0 atom stereocenters. The number of nitrogens with one attached hydrogen (secondary N) is 1. The molecule has 0 saturated carbocycles. The summed E-state index contributed by atoms with van der Waals surface area (Å²) in [6, 6.07) is 9.97. The Labute approximate surface area is 153 Å². The molecule has 0 unspecified atom stereocenters. The molecule has 9 heteroatoms. The SMILES string of the molecule is O=c1n(C2CCNCC2)c2ccccc2n1S(=O)(=O)c1ccc(Cl)s1. The number of piperidine rings is 1. The highest BCUT2D eigenvalue weighted by molar-refractivity contribution is 7.92. The second kappa shape index (κ2) is 6.28. The molecule has 0 amide bonds. The molecular weight excluding hydrogens is 382 g/mol. The van der Waals surface area contributed by atoms with E-state index in [0.29, 0.717) is 15.4 Å². The van der Waals surface area contributed by atoms with Gasteiger partial charge in [-0.2, -0.15) is 12.4 Å². The van der Waals surface area contributed by atoms with E-state index in [-0.39, 0.29) is 10.3 Å². The van der Waals surface area contributed by atoms with Crippen molar-refractivity contribution >= 4 is 44.0 Å². The monoisotopic (exact) mass is 397 g/mol. The van der Waals surface area contributed by atoms with E-state index < -0.39 is 15.7 Å². The first kappa shape index (κ1) is 16.8. The Kier molecular flexibility index (Phi) is 4.23. The second-order valence-corrected chi connectivity index (χ2v) is 9.68. The molecule has 0 bridgehead atoms. The van der Waals surface area contributed by atoms with Crippen LogP contribution in [0.2, 0.25) is 4.34 Å². The minimum Gasteiger partial charge on any atom is -0.317 e. The van der Waals surface area contributed by atoms with Crippen molar-refractivity contribution in [3.63, 3.8) is 0 Å². The number of aromatic nitrogens is 2. The maximum absolute atomic E-state index is 13.1. The molecule has 1 fully saturated rings. The minimum atomic E-state index is -3.99. The number of para-hydroxylation sites is 2. The van der Waals surface area contributed by atoms with Gasteiger partial charge in [-0.3, -0.25) is 4.57 Å². The van der Waals surface area contributed by atoms with Crippen LogP contribution in [0.25, 0.3) is 11.0 Å². The van der Waals surface area contributed by atoms with E-state index in [0.717, 1.165) is 41.2 Å². The van der Waals surface area contributed by atoms with Crippen molar-refractivity contribution in [3.05, 3.63) is 51.2 Å². The van der Waals surface area contributed by atoms with Gasteiger partial charge >= 0.3 is 5.69 Å². The van der Waals surface area contributed by atoms with Gasteiger partial charge in [-0.1, -0.05) is 23.7 Å². The highest BCUT2D eigenvalue weighted by atomic mass is 35.5. The number of thiophene rings is 1. The topological polar surface area (TPSA) is 73.1 Å². The normalized spacial score (nSPS) is 16.5. The number of imidazole rings is 1. The largest absolute Gasteiger partial charge is 0.343 e. The van der Waals surface area contributed by atoms with Crippen LogP contribution in [0.4, 0.5) is 0 Å². The van der Waals surface area contributed by atoms with E-state index in [9.17, 15) is 13.2 Å². The predicted octanol–water partition coefficient (Wildman–Crippen LogP) is 2.68. The number of hydrogen-bond donors (Lipinski definition) is 1. The number of halogens is 1. The Bertz CT molecular complexity index is 1090. The van der Waals surface area contributed by atoms with Crippen molar-refractivity contribution in [3.8, 4) is 0 Å². The number of benzene rings is 1. The van der Waals surface area contributed by atoms with Gasteiger partial charge in [-0.15, -0.1) is 11.3 Å². The third-order valence-corrected chi connectivity index (χ3v) is 7.84. The fraction of sp³-hybridized carbons (Fsp3) is 0.312. The van der Waals surface area contributed by atoms with Crippen molar-refractivity contribution in [1.82, 2.24) is 13.9 Å². The van der Waals surface area contributed by atoms with Gasteiger partial charge in [0.1, 0.15) is 4.21 Å². The van der Waals surface area contributed by atoms with Gasteiger partial charge in [0.2, 0.25) is 0 Å². The van der Waals surface area contributed by atoms with Gasteiger partial charge in [0, 0.05) is 6.04 Å². The summed E-state index contributed by atoms with van der Waals surface area (Å²) in [7, 11) is -3.99. The summed E-state index contributed by atoms with van der Waals surface area (Å²) in [5.41, 5.74) is 0.527. The van der Waals surface area contributed by atoms with Gasteiger partial charge in [-0.05, 0) is 50.2 Å². The quantitative estimate of drug-likeness (QED) is 0.737. The highest BCUT2D eigenvalue weighted by Crippen LogP contribution is 2.30. The molecule has 6 nitrogen and oxygen atoms in total. The first-order valence-corrected chi connectivity index (χ1v) is 10.6. The van der Waals surface area contributed by atoms with Crippen molar-refractivity contribution in [2.45, 2.75) is 23.1 Å². The Morgan fingerprint density at radius 3 is 2.40 bits per heavy atom. The van der Waals surface area contributed by atoms with Gasteiger partial charge < -0.3 is 5.32 Å². The van der Waals surface area contributed by atoms with Crippen LogP contribution in [-0.4, -0.2) is 30.0 Å². The average Bonchev–Trinajstić information content (AvgIpc) is 3.17. The van der Waals surface area contributed by atoms with Crippen LogP contribution >= 0.6 is 22.9 Å². The van der Waals surface area contributed by atoms with E-state index in [4.69, 9.17) is 11.6 Å². The standard InChI is InChI=1S/C16H16ClN3O3S2/c17-14-5-6-15(24-14)25(22,23)20-13-4-2-1-3-12(13)19(16(20)21)11-7-9-18-10-8-11/h1-6,11,18H,7-10H2. The molecule has 0 aliphatic carbocycles. The molecule has 1 aromatic carbocycles. The summed E-state index contributed by atoms with van der Waals surface area (Å²) < 4.78 is 29.1. The molecule has 0 spiro atoms. The molecule has 132 valence electrons. The van der Waals surface area contributed by atoms with Gasteiger partial charge in [0.15, 0.2) is 0 Å². The van der Waals surface area contributed by atoms with Crippen LogP contribution in [0.3, 0.4) is 0 Å². The summed E-state index contributed by atoms with van der Waals surface area (Å²) in [5.74, 6) is 0. The smallest absolute Gasteiger partial charge is 0.317 e. The summed E-state index contributed by atoms with van der Waals surface area (Å²) in [4.78, 5) is 13.1. The molecule has 3 aromatic rings. The van der Waals surface area contributed by atoms with Gasteiger partial charge in [0.05, 0.1) is 15.4 Å². The fourth-order valence-corrected chi connectivity index (χ4v) is 6.27. The number of fused-ring (bicyclic) bond motifs is 1. The number of rotatable bonds is 3. The second-order valence-electron chi connectivity index (χ2n) is 5.95. The first-order chi connectivity index (χ1) is 12.0. The summed E-state index contributed by atoms with van der Waals surface area (Å²) in [6.45, 7) is 1.62. The maximum atomic E-state index is 13.1. The van der Waals surface area contributed by atoms with Crippen LogP contribution in [0.5, 0.6) is 0 Å². The van der Waals surface area contributed by atoms with Crippen LogP contribution in [0.15, 0.2) is 45.4 Å². The molecule has 0 radical (unpaired) electrons. The van der Waals surface area contributed by atoms with E-state index in [1.165, 1.54) is 12.1 Å². The Hall–Kier alpha value is -1.61. The minimum absolute atomic E-state index is 0.0120. The lowest BCUT2D eigenvalue weighted by Gasteiger charge is -2.23. The van der Waals surface area contributed by atoms with Crippen LogP contribution in [-0.2, 0) is 10.0 Å². The average molecular weight is 398 g/mol. The van der Waals surface area contributed by atoms with Crippen molar-refractivity contribution in [1.29, 1.82) is 0 Å². The van der Waals surface area contributed by atoms with E-state index in [2.05, 4.69) is 5.32 Å². The maximum Gasteiger partial charge on any atom is 0.343 e. The molecule has 2 aromatic heterocycles. The Morgan fingerprint density at radius 2 is 1.76 bits per heavy atom. The molecule has 1 aliphatic heterocycles. The van der Waals surface area contributed by atoms with Gasteiger partial charge in [0.25, 0.3) is 10.0 Å². The van der Waals surface area contributed by atoms with Gasteiger partial charge in [-0.25, -0.2) is 4.79 Å². The predicted molar refractivity (Wildman–Crippen MR) is 99.3 cm³/mol. The summed E-state index contributed by atoms with van der Waals surface area (Å²) in [6.07, 6.45) is 1.58. The van der Waals surface area contributed by atoms with Crippen molar-refractivity contribution in [2.75, 3.05) is 13.1 Å². The van der Waals surface area contributed by atoms with Crippen LogP contribution < -0.4 is 11.0 Å². The molecule has 1 saturated heterocycles. The zero-order valence-corrected chi connectivity index (χ0v) is 15.6. The molecule has 3 heterocycles. The van der Waals surface area contributed by atoms with Crippen LogP contribution in [0, 0.1) is 0 Å². The molecular formula is C16H16ClN3O3S2. The zero-order valence-electron chi connectivity index (χ0n) is 13.2. The third kappa shape index (κ3) is 2.73. The lowest BCUT2D eigenvalue weighted by atomic mass is 10.1. The molecule has 4 rings (SSSR count). The Balaban J connectivity index is 1.99. The third-order valence-electron chi connectivity index (χ3n) is 4.46. The zero-order chi connectivity index (χ0) is 17.6. The Morgan fingerprint density at radius 1 is 1.08 bits per heavy atom. The fourth-order valence-electron chi connectivity index (χ4n) is 3.32. The van der Waals surface area contributed by atoms with E-state index >= 15 is 0 Å². The summed E-state index contributed by atoms with van der Waals surface area (Å²) in [5, 5.41) is 3.26. The lowest BCUT2D eigenvalue weighted by Crippen LogP contribution is -2.36. The number of nitrogens with zero attached hydrogens (tertiary/aromatic N) is 2. The van der Waals surface area contributed by atoms with Crippen molar-refractivity contribution < 1.29 is 8.42 Å². The molecule has 25 heavy (non-hydrogen) atoms. The summed E-state index contributed by atoms with van der Waals surface area (Å²) >= 11 is 6.84. The van der Waals surface area contributed by atoms with E-state index in [1.807, 2.05) is 6.07 Å². The molecule has 1 N–H and O–H groups in total. The molecule has 1 aliphatic rings. The highest BCUT2D eigenvalue weighted by Gasteiger charge is 2.29. The van der Waals surface area contributed by atoms with Crippen molar-refractivity contribution in [2.24, 2.45) is 0 Å². The van der Waals surface area contributed by atoms with Crippen LogP contribution in [0.1, 0.15) is 18.9 Å². The number of hydrogen-bond acceptors (Lipinski definition) is 5. The first-order valence-electron chi connectivity index (χ1n) is 7.94.